The van der Waals surface area contributed by atoms with Crippen LogP contribution < -0.4 is 0 Å². The first-order valence-electron chi connectivity index (χ1n) is 14.6. The van der Waals surface area contributed by atoms with Gasteiger partial charge in [0.05, 0.1) is 4.90 Å². The number of benzene rings is 1. The quantitative estimate of drug-likeness (QED) is 0.122. The molecule has 0 aliphatic rings. The number of hydrogen-bond donors (Lipinski definition) is 1. The molecule has 0 fully saturated rings. The average Bonchev–Trinajstić information content (AvgIpc) is 2.82. The molecule has 0 aliphatic carbocycles. The van der Waals surface area contributed by atoms with E-state index in [1.807, 2.05) is 12.1 Å². The zero-order valence-electron chi connectivity index (χ0n) is 22.4. The third kappa shape index (κ3) is 15.9. The molecule has 3 nitrogen and oxygen atoms in total. The first-order valence-corrected chi connectivity index (χ1v) is 16.0. The predicted octanol–water partition coefficient (Wildman–Crippen LogP) is 10.2. The summed E-state index contributed by atoms with van der Waals surface area (Å²) in [6.45, 7) is 4.54. The lowest BCUT2D eigenvalue weighted by Crippen LogP contribution is -2.02. The van der Waals surface area contributed by atoms with Crippen LogP contribution in [-0.4, -0.2) is 13.0 Å². The van der Waals surface area contributed by atoms with Crippen LogP contribution in [0, 0.1) is 0 Å². The minimum absolute atomic E-state index is 0.00277. The van der Waals surface area contributed by atoms with Crippen LogP contribution in [0.15, 0.2) is 29.2 Å². The molecule has 1 rings (SSSR count). The summed E-state index contributed by atoms with van der Waals surface area (Å²) >= 11 is 0. The number of unbranched alkanes of at least 4 members (excludes halogenated alkanes) is 17. The Balaban J connectivity index is 2.37. The van der Waals surface area contributed by atoms with E-state index in [9.17, 15) is 13.0 Å². The molecule has 1 atom stereocenters. The fraction of sp³-hybridized carbons (Fsp3) is 0.800. The van der Waals surface area contributed by atoms with Gasteiger partial charge in [-0.3, -0.25) is 4.55 Å². The topological polar surface area (TPSA) is 54.4 Å². The molecule has 0 bridgehead atoms. The molecule has 0 heterocycles. The van der Waals surface area contributed by atoms with Gasteiger partial charge in [0.1, 0.15) is 0 Å². The molecule has 198 valence electrons. The lowest BCUT2D eigenvalue weighted by atomic mass is 9.88. The summed E-state index contributed by atoms with van der Waals surface area (Å²) in [5.41, 5.74) is 1.22. The second kappa shape index (κ2) is 20.3. The van der Waals surface area contributed by atoms with Crippen LogP contribution >= 0.6 is 0 Å². The third-order valence-corrected chi connectivity index (χ3v) is 8.08. The Morgan fingerprint density at radius 1 is 0.559 bits per heavy atom. The van der Waals surface area contributed by atoms with Crippen molar-refractivity contribution in [3.63, 3.8) is 0 Å². The van der Waals surface area contributed by atoms with Crippen molar-refractivity contribution in [2.24, 2.45) is 0 Å². The molecule has 1 unspecified atom stereocenters. The lowest BCUT2D eigenvalue weighted by Gasteiger charge is -2.18. The second-order valence-corrected chi connectivity index (χ2v) is 11.8. The van der Waals surface area contributed by atoms with Gasteiger partial charge in [-0.05, 0) is 36.5 Å². The van der Waals surface area contributed by atoms with Crippen molar-refractivity contribution in [3.05, 3.63) is 29.8 Å². The van der Waals surface area contributed by atoms with Crippen LogP contribution in [0.1, 0.15) is 160 Å². The summed E-state index contributed by atoms with van der Waals surface area (Å²) in [5.74, 6) is 0.494. The summed E-state index contributed by atoms with van der Waals surface area (Å²) in [7, 11) is -4.12. The molecule has 0 radical (unpaired) electrons. The van der Waals surface area contributed by atoms with Gasteiger partial charge in [-0.15, -0.1) is 0 Å². The molecule has 1 aromatic rings. The minimum atomic E-state index is -4.12. The fourth-order valence-electron chi connectivity index (χ4n) is 4.97. The van der Waals surface area contributed by atoms with Crippen LogP contribution in [0.4, 0.5) is 0 Å². The molecule has 1 N–H and O–H groups in total. The SMILES string of the molecule is CCCCCCCCCCCCC(CCCCCCCCCCC)c1ccc(S(=O)(=O)O)cc1. The van der Waals surface area contributed by atoms with Crippen LogP contribution in [0.2, 0.25) is 0 Å². The maximum Gasteiger partial charge on any atom is 0.294 e. The standard InChI is InChI=1S/C30H54O3S/c1-3-5-7-9-11-13-15-17-19-21-23-28(22-20-18-16-14-12-10-8-6-4-2)29-24-26-30(27-25-29)34(31,32)33/h24-28H,3-23H2,1-2H3,(H,31,32,33). The van der Waals surface area contributed by atoms with Crippen LogP contribution in [-0.2, 0) is 10.1 Å². The van der Waals surface area contributed by atoms with Gasteiger partial charge in [0.25, 0.3) is 10.1 Å². The van der Waals surface area contributed by atoms with E-state index in [-0.39, 0.29) is 4.90 Å². The van der Waals surface area contributed by atoms with E-state index in [0.717, 1.165) is 0 Å². The molecule has 0 aliphatic heterocycles. The van der Waals surface area contributed by atoms with E-state index < -0.39 is 10.1 Å². The highest BCUT2D eigenvalue weighted by molar-refractivity contribution is 7.85. The smallest absolute Gasteiger partial charge is 0.282 e. The Kier molecular flexibility index (Phi) is 18.6. The summed E-state index contributed by atoms with van der Waals surface area (Å²) in [6.07, 6.45) is 27.9. The number of rotatable bonds is 23. The normalized spacial score (nSPS) is 12.8. The van der Waals surface area contributed by atoms with E-state index in [1.54, 1.807) is 12.1 Å². The average molecular weight is 495 g/mol. The monoisotopic (exact) mass is 494 g/mol. The van der Waals surface area contributed by atoms with Crippen molar-refractivity contribution in [3.8, 4) is 0 Å². The third-order valence-electron chi connectivity index (χ3n) is 7.21. The Hall–Kier alpha value is -0.870. The van der Waals surface area contributed by atoms with Gasteiger partial charge in [0, 0.05) is 0 Å². The molecular weight excluding hydrogens is 440 g/mol. The van der Waals surface area contributed by atoms with Crippen LogP contribution in [0.3, 0.4) is 0 Å². The van der Waals surface area contributed by atoms with Crippen molar-refractivity contribution >= 4 is 10.1 Å². The largest absolute Gasteiger partial charge is 0.294 e. The van der Waals surface area contributed by atoms with Crippen molar-refractivity contribution in [2.75, 3.05) is 0 Å². The van der Waals surface area contributed by atoms with Gasteiger partial charge in [-0.25, -0.2) is 0 Å². The molecule has 34 heavy (non-hydrogen) atoms. The number of hydrogen-bond acceptors (Lipinski definition) is 2. The Labute approximate surface area is 212 Å². The minimum Gasteiger partial charge on any atom is -0.282 e. The lowest BCUT2D eigenvalue weighted by molar-refractivity contribution is 0.479. The molecule has 0 saturated heterocycles. The van der Waals surface area contributed by atoms with E-state index in [4.69, 9.17) is 0 Å². The van der Waals surface area contributed by atoms with E-state index in [1.165, 1.54) is 140 Å². The summed E-state index contributed by atoms with van der Waals surface area (Å²) in [4.78, 5) is -0.00277. The van der Waals surface area contributed by atoms with Gasteiger partial charge in [0.15, 0.2) is 0 Å². The molecule has 4 heteroatoms. The zero-order chi connectivity index (χ0) is 24.9. The highest BCUT2D eigenvalue weighted by atomic mass is 32.2. The summed E-state index contributed by atoms with van der Waals surface area (Å²) in [6, 6.07) is 6.95. The molecular formula is C30H54O3S. The van der Waals surface area contributed by atoms with E-state index in [2.05, 4.69) is 13.8 Å². The van der Waals surface area contributed by atoms with Gasteiger partial charge in [-0.1, -0.05) is 148 Å². The van der Waals surface area contributed by atoms with Crippen molar-refractivity contribution in [2.45, 2.75) is 159 Å². The van der Waals surface area contributed by atoms with E-state index >= 15 is 0 Å². The first kappa shape index (κ1) is 31.2. The first-order chi connectivity index (χ1) is 16.5. The van der Waals surface area contributed by atoms with Crippen LogP contribution in [0.25, 0.3) is 0 Å². The maximum atomic E-state index is 11.4. The van der Waals surface area contributed by atoms with E-state index in [0.29, 0.717) is 5.92 Å². The Morgan fingerprint density at radius 2 is 0.882 bits per heavy atom. The Morgan fingerprint density at radius 3 is 1.21 bits per heavy atom. The zero-order valence-corrected chi connectivity index (χ0v) is 23.2. The van der Waals surface area contributed by atoms with Gasteiger partial charge < -0.3 is 0 Å². The molecule has 0 saturated carbocycles. The van der Waals surface area contributed by atoms with Gasteiger partial charge >= 0.3 is 0 Å². The molecule has 1 aromatic carbocycles. The summed E-state index contributed by atoms with van der Waals surface area (Å²) < 4.78 is 32.1. The molecule has 0 spiro atoms. The molecule has 0 amide bonds. The van der Waals surface area contributed by atoms with Crippen molar-refractivity contribution in [1.29, 1.82) is 0 Å². The maximum absolute atomic E-state index is 11.4. The molecule has 0 aromatic heterocycles. The Bertz CT molecular complexity index is 682. The fourth-order valence-corrected chi connectivity index (χ4v) is 5.45. The highest BCUT2D eigenvalue weighted by Gasteiger charge is 2.14. The van der Waals surface area contributed by atoms with Gasteiger partial charge in [-0.2, -0.15) is 8.42 Å². The second-order valence-electron chi connectivity index (χ2n) is 10.3. The van der Waals surface area contributed by atoms with Crippen LogP contribution in [0.5, 0.6) is 0 Å². The highest BCUT2D eigenvalue weighted by Crippen LogP contribution is 2.29. The van der Waals surface area contributed by atoms with Crippen molar-refractivity contribution in [1.82, 2.24) is 0 Å². The summed E-state index contributed by atoms with van der Waals surface area (Å²) in [5, 5.41) is 0. The van der Waals surface area contributed by atoms with Crippen molar-refractivity contribution < 1.29 is 13.0 Å². The predicted molar refractivity (Wildman–Crippen MR) is 147 cm³/mol. The van der Waals surface area contributed by atoms with Gasteiger partial charge in [0.2, 0.25) is 0 Å².